The number of carboxylic acid groups (broad SMARTS) is 1. The van der Waals surface area contributed by atoms with Gasteiger partial charge in [-0.1, -0.05) is 15.9 Å². The molecule has 1 fully saturated rings. The van der Waals surface area contributed by atoms with E-state index in [4.69, 9.17) is 5.11 Å². The average Bonchev–Trinajstić information content (AvgIpc) is 3.18. The van der Waals surface area contributed by atoms with E-state index in [1.807, 2.05) is 11.5 Å². The quantitative estimate of drug-likeness (QED) is 0.924. The van der Waals surface area contributed by atoms with E-state index in [1.165, 1.54) is 6.20 Å². The predicted molar refractivity (Wildman–Crippen MR) is 75.9 cm³/mol. The lowest BCUT2D eigenvalue weighted by molar-refractivity contribution is 0.0695. The van der Waals surface area contributed by atoms with Crippen molar-refractivity contribution >= 4 is 32.8 Å². The zero-order valence-corrected chi connectivity index (χ0v) is 11.9. The van der Waals surface area contributed by atoms with E-state index in [9.17, 15) is 9.59 Å². The lowest BCUT2D eigenvalue weighted by Crippen LogP contribution is -2.19. The van der Waals surface area contributed by atoms with Crippen LogP contribution in [0.25, 0.3) is 10.9 Å². The molecule has 0 radical (unpaired) electrons. The minimum absolute atomic E-state index is 0.152. The molecule has 0 amide bonds. The minimum Gasteiger partial charge on any atom is -0.477 e. The number of benzene rings is 1. The van der Waals surface area contributed by atoms with Gasteiger partial charge in [0.1, 0.15) is 5.56 Å². The summed E-state index contributed by atoms with van der Waals surface area (Å²) in [5, 5.41) is 9.63. The van der Waals surface area contributed by atoms with Gasteiger partial charge in [0.15, 0.2) is 0 Å². The normalized spacial score (nSPS) is 14.8. The Morgan fingerprint density at radius 1 is 1.42 bits per heavy atom. The number of carbonyl (C=O) groups is 1. The Morgan fingerprint density at radius 2 is 2.11 bits per heavy atom. The summed E-state index contributed by atoms with van der Waals surface area (Å²) in [7, 11) is 0. The number of pyridine rings is 1. The fraction of sp³-hybridized carbons (Fsp3) is 0.286. The van der Waals surface area contributed by atoms with Crippen LogP contribution in [0, 0.1) is 6.92 Å². The third kappa shape index (κ3) is 1.89. The van der Waals surface area contributed by atoms with E-state index >= 15 is 0 Å². The second kappa shape index (κ2) is 4.20. The molecule has 1 aliphatic rings. The molecule has 1 aliphatic carbocycles. The number of aromatic carboxylic acids is 1. The van der Waals surface area contributed by atoms with Gasteiger partial charge in [0, 0.05) is 22.1 Å². The molecule has 1 aromatic heterocycles. The molecular formula is C14H12BrNO3. The summed E-state index contributed by atoms with van der Waals surface area (Å²) in [6.07, 6.45) is 3.55. The Hall–Kier alpha value is -1.62. The van der Waals surface area contributed by atoms with Crippen LogP contribution < -0.4 is 5.43 Å². The molecule has 0 bridgehead atoms. The van der Waals surface area contributed by atoms with Gasteiger partial charge >= 0.3 is 5.97 Å². The van der Waals surface area contributed by atoms with Crippen LogP contribution >= 0.6 is 15.9 Å². The van der Waals surface area contributed by atoms with Crippen LogP contribution in [0.5, 0.6) is 0 Å². The van der Waals surface area contributed by atoms with Gasteiger partial charge < -0.3 is 9.67 Å². The summed E-state index contributed by atoms with van der Waals surface area (Å²) in [5.74, 6) is -1.16. The fourth-order valence-corrected chi connectivity index (χ4v) is 2.71. The number of nitrogens with zero attached hydrogens (tertiary/aromatic N) is 1. The molecule has 0 aliphatic heterocycles. The zero-order chi connectivity index (χ0) is 13.7. The molecule has 1 saturated carbocycles. The number of hydrogen-bond acceptors (Lipinski definition) is 2. The smallest absolute Gasteiger partial charge is 0.341 e. The van der Waals surface area contributed by atoms with Crippen LogP contribution in [-0.2, 0) is 0 Å². The Morgan fingerprint density at radius 3 is 2.68 bits per heavy atom. The van der Waals surface area contributed by atoms with Crippen LogP contribution in [0.2, 0.25) is 0 Å². The highest BCUT2D eigenvalue weighted by Gasteiger charge is 2.27. The molecule has 1 aromatic carbocycles. The SMILES string of the molecule is Cc1c(Br)ccc2c(=O)c(C(=O)O)cn(C3CC3)c12. The molecule has 4 nitrogen and oxygen atoms in total. The standard InChI is InChI=1S/C14H12BrNO3/c1-7-11(15)5-4-9-12(7)16(8-2-3-8)6-10(13(9)17)14(18)19/h4-6,8H,2-3H2,1H3,(H,18,19). The largest absolute Gasteiger partial charge is 0.477 e. The minimum atomic E-state index is -1.16. The summed E-state index contributed by atoms with van der Waals surface area (Å²) >= 11 is 3.46. The van der Waals surface area contributed by atoms with Gasteiger partial charge in [0.2, 0.25) is 5.43 Å². The molecule has 0 saturated heterocycles. The van der Waals surface area contributed by atoms with Gasteiger partial charge in [-0.25, -0.2) is 4.79 Å². The van der Waals surface area contributed by atoms with Crippen LogP contribution in [0.15, 0.2) is 27.6 Å². The van der Waals surface area contributed by atoms with Crippen molar-refractivity contribution in [3.63, 3.8) is 0 Å². The number of aryl methyl sites for hydroxylation is 1. The van der Waals surface area contributed by atoms with Crippen LogP contribution in [0.4, 0.5) is 0 Å². The average molecular weight is 322 g/mol. The van der Waals surface area contributed by atoms with E-state index in [1.54, 1.807) is 12.1 Å². The van der Waals surface area contributed by atoms with E-state index in [0.717, 1.165) is 28.4 Å². The van der Waals surface area contributed by atoms with Crippen molar-refractivity contribution < 1.29 is 9.90 Å². The molecule has 98 valence electrons. The third-order valence-corrected chi connectivity index (χ3v) is 4.41. The summed E-state index contributed by atoms with van der Waals surface area (Å²) in [6.45, 7) is 1.94. The molecule has 1 N–H and O–H groups in total. The van der Waals surface area contributed by atoms with Gasteiger partial charge in [0.25, 0.3) is 0 Å². The molecule has 0 spiro atoms. The van der Waals surface area contributed by atoms with Crippen LogP contribution in [-0.4, -0.2) is 15.6 Å². The Balaban J connectivity index is 2.49. The first-order valence-electron chi connectivity index (χ1n) is 6.08. The van der Waals surface area contributed by atoms with Crippen molar-refractivity contribution in [1.82, 2.24) is 4.57 Å². The molecule has 0 unspecified atom stereocenters. The topological polar surface area (TPSA) is 59.3 Å². The number of rotatable bonds is 2. The van der Waals surface area contributed by atoms with E-state index in [2.05, 4.69) is 15.9 Å². The highest BCUT2D eigenvalue weighted by atomic mass is 79.9. The van der Waals surface area contributed by atoms with Crippen LogP contribution in [0.1, 0.15) is 34.8 Å². The van der Waals surface area contributed by atoms with Crippen molar-refractivity contribution in [2.24, 2.45) is 0 Å². The summed E-state index contributed by atoms with van der Waals surface area (Å²) < 4.78 is 2.87. The Kier molecular flexibility index (Phi) is 2.74. The van der Waals surface area contributed by atoms with Crippen molar-refractivity contribution in [3.05, 3.63) is 44.2 Å². The molecule has 3 rings (SSSR count). The number of hydrogen-bond donors (Lipinski definition) is 1. The second-order valence-electron chi connectivity index (χ2n) is 4.88. The molecule has 19 heavy (non-hydrogen) atoms. The molecule has 0 atom stereocenters. The maximum atomic E-state index is 12.2. The number of fused-ring (bicyclic) bond motifs is 1. The lowest BCUT2D eigenvalue weighted by Gasteiger charge is -2.14. The van der Waals surface area contributed by atoms with Crippen molar-refractivity contribution in [2.75, 3.05) is 0 Å². The van der Waals surface area contributed by atoms with Gasteiger partial charge in [-0.05, 0) is 37.5 Å². The number of aromatic nitrogens is 1. The summed E-state index contributed by atoms with van der Waals surface area (Å²) in [5.41, 5.74) is 1.25. The van der Waals surface area contributed by atoms with Crippen molar-refractivity contribution in [1.29, 1.82) is 0 Å². The maximum absolute atomic E-state index is 12.2. The maximum Gasteiger partial charge on any atom is 0.341 e. The molecule has 5 heteroatoms. The van der Waals surface area contributed by atoms with Gasteiger partial charge in [-0.15, -0.1) is 0 Å². The molecular weight excluding hydrogens is 310 g/mol. The van der Waals surface area contributed by atoms with E-state index < -0.39 is 11.4 Å². The van der Waals surface area contributed by atoms with Crippen LogP contribution in [0.3, 0.4) is 0 Å². The van der Waals surface area contributed by atoms with Gasteiger partial charge in [-0.3, -0.25) is 4.79 Å². The molecule has 2 aromatic rings. The Bertz CT molecular complexity index is 759. The van der Waals surface area contributed by atoms with Gasteiger partial charge in [0.05, 0.1) is 5.52 Å². The third-order valence-electron chi connectivity index (χ3n) is 3.55. The predicted octanol–water partition coefficient (Wildman–Crippen LogP) is 3.11. The van der Waals surface area contributed by atoms with Crippen molar-refractivity contribution in [3.8, 4) is 0 Å². The monoisotopic (exact) mass is 321 g/mol. The highest BCUT2D eigenvalue weighted by molar-refractivity contribution is 9.10. The first kappa shape index (κ1) is 12.4. The van der Waals surface area contributed by atoms with Gasteiger partial charge in [-0.2, -0.15) is 0 Å². The molecule has 1 heterocycles. The first-order chi connectivity index (χ1) is 9.00. The second-order valence-corrected chi connectivity index (χ2v) is 5.74. The summed E-state index contributed by atoms with van der Waals surface area (Å²) in [4.78, 5) is 23.4. The zero-order valence-electron chi connectivity index (χ0n) is 10.3. The first-order valence-corrected chi connectivity index (χ1v) is 6.87. The number of carboxylic acids is 1. The fourth-order valence-electron chi connectivity index (χ4n) is 2.39. The highest BCUT2D eigenvalue weighted by Crippen LogP contribution is 2.38. The van der Waals surface area contributed by atoms with Crippen molar-refractivity contribution in [2.45, 2.75) is 25.8 Å². The Labute approximate surface area is 117 Å². The van der Waals surface area contributed by atoms with E-state index in [-0.39, 0.29) is 5.56 Å². The lowest BCUT2D eigenvalue weighted by atomic mass is 10.1. The number of halogens is 1. The summed E-state index contributed by atoms with van der Waals surface area (Å²) in [6, 6.07) is 3.80. The van der Waals surface area contributed by atoms with E-state index in [0.29, 0.717) is 11.4 Å².